The van der Waals surface area contributed by atoms with E-state index >= 15 is 0 Å². The summed E-state index contributed by atoms with van der Waals surface area (Å²) in [5, 5.41) is 3.89. The molecular weight excluding hydrogens is 285 g/mol. The predicted octanol–water partition coefficient (Wildman–Crippen LogP) is 3.82. The zero-order valence-electron chi connectivity index (χ0n) is 10.6. The van der Waals surface area contributed by atoms with E-state index in [1.807, 2.05) is 0 Å². The number of amides is 1. The second-order valence-corrected chi connectivity index (χ2v) is 5.58. The van der Waals surface area contributed by atoms with Crippen molar-refractivity contribution in [3.05, 3.63) is 28.2 Å². The molecule has 1 aromatic carbocycles. The van der Waals surface area contributed by atoms with Gasteiger partial charge in [-0.3, -0.25) is 4.79 Å². The van der Waals surface area contributed by atoms with Gasteiger partial charge in [-0.25, -0.2) is 0 Å². The summed E-state index contributed by atoms with van der Waals surface area (Å²) in [6.07, 6.45) is 5.79. The first-order valence-corrected chi connectivity index (χ1v) is 7.28. The van der Waals surface area contributed by atoms with Crippen LogP contribution in [-0.2, 0) is 4.79 Å². The van der Waals surface area contributed by atoms with E-state index in [9.17, 15) is 4.79 Å². The van der Waals surface area contributed by atoms with Crippen LogP contribution in [0.3, 0.4) is 0 Å². The predicted molar refractivity (Wildman–Crippen MR) is 77.0 cm³/mol. The molecule has 1 N–H and O–H groups in total. The molecule has 0 unspecified atom stereocenters. The van der Waals surface area contributed by atoms with E-state index in [4.69, 9.17) is 27.9 Å². The quantitative estimate of drug-likeness (QED) is 0.918. The third-order valence-electron chi connectivity index (χ3n) is 3.23. The van der Waals surface area contributed by atoms with Gasteiger partial charge >= 0.3 is 0 Å². The number of ether oxygens (including phenoxy) is 1. The van der Waals surface area contributed by atoms with Gasteiger partial charge in [-0.1, -0.05) is 42.5 Å². The number of nitrogens with one attached hydrogen (secondary N) is 1. The molecule has 3 nitrogen and oxygen atoms in total. The molecule has 1 aliphatic rings. The van der Waals surface area contributed by atoms with Crippen LogP contribution in [0.2, 0.25) is 10.0 Å². The second-order valence-electron chi connectivity index (χ2n) is 4.77. The lowest BCUT2D eigenvalue weighted by Crippen LogP contribution is -2.38. The van der Waals surface area contributed by atoms with Crippen molar-refractivity contribution >= 4 is 29.1 Å². The number of carbonyl (C=O) groups is 1. The molecule has 104 valence electrons. The molecule has 1 fully saturated rings. The summed E-state index contributed by atoms with van der Waals surface area (Å²) in [5.41, 5.74) is 0. The van der Waals surface area contributed by atoms with Crippen molar-refractivity contribution in [2.45, 2.75) is 38.1 Å². The van der Waals surface area contributed by atoms with E-state index in [2.05, 4.69) is 5.32 Å². The van der Waals surface area contributed by atoms with E-state index in [1.165, 1.54) is 19.3 Å². The second kappa shape index (κ2) is 7.01. The minimum Gasteiger partial charge on any atom is -0.484 e. The minimum absolute atomic E-state index is 0.00839. The van der Waals surface area contributed by atoms with E-state index in [1.54, 1.807) is 18.2 Å². The number of benzene rings is 1. The molecule has 1 aromatic rings. The standard InChI is InChI=1S/C14H17Cl2NO2/c15-12-7-6-11(8-13(12)16)19-9-14(18)17-10-4-2-1-3-5-10/h6-8,10H,1-5,9H2,(H,17,18). The summed E-state index contributed by atoms with van der Waals surface area (Å²) in [4.78, 5) is 11.7. The van der Waals surface area contributed by atoms with Gasteiger partial charge < -0.3 is 10.1 Å². The van der Waals surface area contributed by atoms with Gasteiger partial charge in [0.25, 0.3) is 5.91 Å². The number of hydrogen-bond donors (Lipinski definition) is 1. The lowest BCUT2D eigenvalue weighted by Gasteiger charge is -2.22. The van der Waals surface area contributed by atoms with Gasteiger partial charge in [0.1, 0.15) is 5.75 Å². The molecule has 0 atom stereocenters. The monoisotopic (exact) mass is 301 g/mol. The summed E-state index contributed by atoms with van der Waals surface area (Å²) in [6, 6.07) is 5.26. The van der Waals surface area contributed by atoms with Crippen molar-refractivity contribution in [1.82, 2.24) is 5.32 Å². The Bertz CT molecular complexity index is 445. The largest absolute Gasteiger partial charge is 0.484 e. The molecule has 0 radical (unpaired) electrons. The fourth-order valence-electron chi connectivity index (χ4n) is 2.23. The highest BCUT2D eigenvalue weighted by molar-refractivity contribution is 6.42. The minimum atomic E-state index is -0.0852. The van der Waals surface area contributed by atoms with Gasteiger partial charge in [0.05, 0.1) is 10.0 Å². The fraction of sp³-hybridized carbons (Fsp3) is 0.500. The van der Waals surface area contributed by atoms with E-state index in [0.29, 0.717) is 21.8 Å². The van der Waals surface area contributed by atoms with Crippen LogP contribution >= 0.6 is 23.2 Å². The number of hydrogen-bond acceptors (Lipinski definition) is 2. The van der Waals surface area contributed by atoms with Crippen molar-refractivity contribution < 1.29 is 9.53 Å². The maximum absolute atomic E-state index is 11.7. The molecule has 1 saturated carbocycles. The zero-order valence-corrected chi connectivity index (χ0v) is 12.1. The first kappa shape index (κ1) is 14.5. The Labute approximate surface area is 123 Å². The lowest BCUT2D eigenvalue weighted by molar-refractivity contribution is -0.124. The van der Waals surface area contributed by atoms with Gasteiger partial charge in [0.2, 0.25) is 0 Å². The Morgan fingerprint density at radius 2 is 1.95 bits per heavy atom. The summed E-state index contributed by atoms with van der Waals surface area (Å²) in [5.74, 6) is 0.464. The number of carbonyl (C=O) groups excluding carboxylic acids is 1. The van der Waals surface area contributed by atoms with Crippen LogP contribution in [0.15, 0.2) is 18.2 Å². The molecule has 0 aliphatic heterocycles. The maximum atomic E-state index is 11.7. The molecule has 1 amide bonds. The molecule has 0 bridgehead atoms. The topological polar surface area (TPSA) is 38.3 Å². The smallest absolute Gasteiger partial charge is 0.258 e. The maximum Gasteiger partial charge on any atom is 0.258 e. The summed E-state index contributed by atoms with van der Waals surface area (Å²) < 4.78 is 5.39. The average Bonchev–Trinajstić information content (AvgIpc) is 2.41. The van der Waals surface area contributed by atoms with Crippen molar-refractivity contribution in [1.29, 1.82) is 0 Å². The molecular formula is C14H17Cl2NO2. The highest BCUT2D eigenvalue weighted by atomic mass is 35.5. The van der Waals surface area contributed by atoms with Crippen molar-refractivity contribution in [3.8, 4) is 5.75 Å². The Morgan fingerprint density at radius 3 is 2.63 bits per heavy atom. The third-order valence-corrected chi connectivity index (χ3v) is 3.97. The van der Waals surface area contributed by atoms with Crippen LogP contribution in [0, 0.1) is 0 Å². The van der Waals surface area contributed by atoms with Gasteiger partial charge in [-0.2, -0.15) is 0 Å². The highest BCUT2D eigenvalue weighted by Crippen LogP contribution is 2.26. The zero-order chi connectivity index (χ0) is 13.7. The van der Waals surface area contributed by atoms with Gasteiger partial charge in [-0.05, 0) is 25.0 Å². The molecule has 1 aliphatic carbocycles. The van der Waals surface area contributed by atoms with E-state index in [-0.39, 0.29) is 12.5 Å². The Morgan fingerprint density at radius 1 is 1.21 bits per heavy atom. The summed E-state index contributed by atoms with van der Waals surface area (Å²) in [6.45, 7) is 0.00839. The van der Waals surface area contributed by atoms with Crippen LogP contribution in [0.25, 0.3) is 0 Å². The van der Waals surface area contributed by atoms with E-state index < -0.39 is 0 Å². The van der Waals surface area contributed by atoms with Crippen LogP contribution in [0.5, 0.6) is 5.75 Å². The SMILES string of the molecule is O=C(COc1ccc(Cl)c(Cl)c1)NC1CCCCC1. The third kappa shape index (κ3) is 4.59. The molecule has 2 rings (SSSR count). The molecule has 0 saturated heterocycles. The summed E-state index contributed by atoms with van der Waals surface area (Å²) in [7, 11) is 0. The Kier molecular flexibility index (Phi) is 5.34. The van der Waals surface area contributed by atoms with Crippen LogP contribution < -0.4 is 10.1 Å². The number of rotatable bonds is 4. The van der Waals surface area contributed by atoms with E-state index in [0.717, 1.165) is 12.8 Å². The molecule has 0 aromatic heterocycles. The van der Waals surface area contributed by atoms with Gasteiger partial charge in [0.15, 0.2) is 6.61 Å². The molecule has 5 heteroatoms. The molecule has 0 spiro atoms. The fourth-order valence-corrected chi connectivity index (χ4v) is 2.52. The van der Waals surface area contributed by atoms with Crippen molar-refractivity contribution in [3.63, 3.8) is 0 Å². The van der Waals surface area contributed by atoms with Gasteiger partial charge in [0, 0.05) is 12.1 Å². The van der Waals surface area contributed by atoms with Crippen LogP contribution in [0.4, 0.5) is 0 Å². The summed E-state index contributed by atoms with van der Waals surface area (Å²) >= 11 is 11.7. The molecule has 0 heterocycles. The Balaban J connectivity index is 1.77. The molecule has 19 heavy (non-hydrogen) atoms. The van der Waals surface area contributed by atoms with Crippen LogP contribution in [0.1, 0.15) is 32.1 Å². The lowest BCUT2D eigenvalue weighted by atomic mass is 9.95. The first-order chi connectivity index (χ1) is 9.15. The highest BCUT2D eigenvalue weighted by Gasteiger charge is 2.15. The van der Waals surface area contributed by atoms with Gasteiger partial charge in [-0.15, -0.1) is 0 Å². The number of halogens is 2. The first-order valence-electron chi connectivity index (χ1n) is 6.52. The average molecular weight is 302 g/mol. The normalized spacial score (nSPS) is 16.1. The van der Waals surface area contributed by atoms with Crippen LogP contribution in [-0.4, -0.2) is 18.6 Å². The van der Waals surface area contributed by atoms with Crippen molar-refractivity contribution in [2.24, 2.45) is 0 Å². The Hall–Kier alpha value is -0.930. The van der Waals surface area contributed by atoms with Crippen molar-refractivity contribution in [2.75, 3.05) is 6.61 Å².